The number of fused-ring (bicyclic) bond motifs is 1. The van der Waals surface area contributed by atoms with Gasteiger partial charge in [0.1, 0.15) is 30.5 Å². The Hall–Kier alpha value is -4.30. The summed E-state index contributed by atoms with van der Waals surface area (Å²) in [6.45, 7) is 4.60. The van der Waals surface area contributed by atoms with Gasteiger partial charge in [0.25, 0.3) is 5.91 Å². The van der Waals surface area contributed by atoms with Crippen LogP contribution < -0.4 is 20.1 Å². The van der Waals surface area contributed by atoms with E-state index >= 15 is 0 Å². The molecule has 3 aromatic carbocycles. The number of rotatable bonds is 8. The highest BCUT2D eigenvalue weighted by Crippen LogP contribution is 2.36. The van der Waals surface area contributed by atoms with Crippen molar-refractivity contribution in [3.8, 4) is 11.5 Å². The van der Waals surface area contributed by atoms with E-state index in [1.54, 1.807) is 4.68 Å². The second kappa shape index (κ2) is 10.8. The van der Waals surface area contributed by atoms with Crippen molar-refractivity contribution >= 4 is 29.1 Å². The number of carbonyl (C=O) groups excluding carboxylic acids is 1. The molecule has 1 amide bonds. The van der Waals surface area contributed by atoms with Gasteiger partial charge in [-0.3, -0.25) is 4.79 Å². The van der Waals surface area contributed by atoms with Crippen molar-refractivity contribution in [2.45, 2.75) is 26.5 Å². The molecule has 1 unspecified atom stereocenters. The zero-order valence-electron chi connectivity index (χ0n) is 20.4. The Balaban J connectivity index is 1.42. The predicted octanol–water partition coefficient (Wildman–Crippen LogP) is 5.84. The zero-order chi connectivity index (χ0) is 25.8. The number of aromatic nitrogens is 3. The van der Waals surface area contributed by atoms with Crippen LogP contribution in [0.25, 0.3) is 0 Å². The molecule has 0 saturated carbocycles. The van der Waals surface area contributed by atoms with Crippen LogP contribution in [-0.4, -0.2) is 27.3 Å². The molecule has 1 atom stereocenters. The van der Waals surface area contributed by atoms with Gasteiger partial charge in [0.05, 0.1) is 17.9 Å². The summed E-state index contributed by atoms with van der Waals surface area (Å²) in [6.07, 6.45) is 1.47. The number of benzene rings is 3. The third-order valence-electron chi connectivity index (χ3n) is 6.02. The van der Waals surface area contributed by atoms with Gasteiger partial charge in [-0.2, -0.15) is 10.1 Å². The van der Waals surface area contributed by atoms with Crippen molar-refractivity contribution in [3.05, 3.63) is 107 Å². The maximum absolute atomic E-state index is 13.6. The molecule has 4 aromatic rings. The van der Waals surface area contributed by atoms with Crippen LogP contribution >= 0.6 is 11.6 Å². The van der Waals surface area contributed by atoms with E-state index in [2.05, 4.69) is 20.7 Å². The summed E-state index contributed by atoms with van der Waals surface area (Å²) in [6, 6.07) is 22.1. The first-order valence-corrected chi connectivity index (χ1v) is 12.3. The lowest BCUT2D eigenvalue weighted by molar-refractivity contribution is -0.113. The molecule has 1 aliphatic rings. The topological polar surface area (TPSA) is 90.3 Å². The monoisotopic (exact) mass is 515 g/mol. The molecule has 2 heterocycles. The second-order valence-electron chi connectivity index (χ2n) is 8.43. The van der Waals surface area contributed by atoms with Gasteiger partial charge in [0, 0.05) is 16.3 Å². The van der Waals surface area contributed by atoms with Gasteiger partial charge in [-0.1, -0.05) is 54.1 Å². The van der Waals surface area contributed by atoms with Crippen molar-refractivity contribution < 1.29 is 14.3 Å². The molecule has 0 fully saturated rings. The first-order valence-electron chi connectivity index (χ1n) is 11.9. The third-order valence-corrected chi connectivity index (χ3v) is 6.39. The Kier molecular flexibility index (Phi) is 7.09. The molecule has 1 aromatic heterocycles. The number of amides is 1. The Morgan fingerprint density at radius 2 is 1.81 bits per heavy atom. The summed E-state index contributed by atoms with van der Waals surface area (Å²) in [5.41, 5.74) is 3.58. The highest BCUT2D eigenvalue weighted by molar-refractivity contribution is 6.31. The fraction of sp³-hybridized carbons (Fsp3) is 0.179. The Morgan fingerprint density at radius 3 is 2.59 bits per heavy atom. The highest BCUT2D eigenvalue weighted by atomic mass is 35.5. The van der Waals surface area contributed by atoms with Crippen LogP contribution in [0.15, 0.2) is 90.4 Å². The molecule has 0 saturated heterocycles. The van der Waals surface area contributed by atoms with E-state index in [0.29, 0.717) is 52.6 Å². The number of hydrogen-bond acceptors (Lipinski definition) is 6. The van der Waals surface area contributed by atoms with E-state index in [1.807, 2.05) is 86.6 Å². The van der Waals surface area contributed by atoms with Crippen LogP contribution in [-0.2, 0) is 11.4 Å². The van der Waals surface area contributed by atoms with Gasteiger partial charge in [0.2, 0.25) is 5.95 Å². The summed E-state index contributed by atoms with van der Waals surface area (Å²) in [7, 11) is 0. The minimum absolute atomic E-state index is 0.262. The molecule has 0 radical (unpaired) electrons. The molecule has 1 aliphatic heterocycles. The van der Waals surface area contributed by atoms with Crippen molar-refractivity contribution in [3.63, 3.8) is 0 Å². The number of allylic oxidation sites excluding steroid dienone is 1. The average Bonchev–Trinajstić information content (AvgIpc) is 3.37. The average molecular weight is 516 g/mol. The lowest BCUT2D eigenvalue weighted by Gasteiger charge is -2.29. The molecule has 0 aliphatic carbocycles. The molecule has 0 spiro atoms. The first kappa shape index (κ1) is 24.4. The quantitative estimate of drug-likeness (QED) is 0.306. The number of ether oxygens (including phenoxy) is 2. The smallest absolute Gasteiger partial charge is 0.255 e. The summed E-state index contributed by atoms with van der Waals surface area (Å²) < 4.78 is 13.3. The van der Waals surface area contributed by atoms with E-state index in [1.165, 1.54) is 6.33 Å². The SMILES string of the molecule is CCOc1ccccc1NC(=O)C1=C(C)Nc2ncnn2C1c1ccc(OCc2ccccc2Cl)cc1. The predicted molar refractivity (Wildman–Crippen MR) is 143 cm³/mol. The number of nitrogens with zero attached hydrogens (tertiary/aromatic N) is 3. The molecule has 188 valence electrons. The Morgan fingerprint density at radius 1 is 1.05 bits per heavy atom. The normalized spacial score (nSPS) is 14.5. The standard InChI is InChI=1S/C28H26ClN5O3/c1-3-36-24-11-7-6-10-23(24)33-27(35)25-18(2)32-28-30-17-31-34(28)26(25)19-12-14-21(15-13-19)37-16-20-8-4-5-9-22(20)29/h4-15,17,26H,3,16H2,1-2H3,(H,33,35)(H,30,31,32). The number of anilines is 2. The third kappa shape index (κ3) is 5.15. The number of halogens is 1. The molecule has 37 heavy (non-hydrogen) atoms. The van der Waals surface area contributed by atoms with Crippen molar-refractivity contribution in [2.75, 3.05) is 17.2 Å². The van der Waals surface area contributed by atoms with Crippen LogP contribution in [0.4, 0.5) is 11.6 Å². The fourth-order valence-corrected chi connectivity index (χ4v) is 4.45. The van der Waals surface area contributed by atoms with Crippen LogP contribution in [0.5, 0.6) is 11.5 Å². The van der Waals surface area contributed by atoms with Crippen LogP contribution in [0.1, 0.15) is 31.0 Å². The van der Waals surface area contributed by atoms with Gasteiger partial charge < -0.3 is 20.1 Å². The van der Waals surface area contributed by atoms with Gasteiger partial charge in [-0.25, -0.2) is 4.68 Å². The van der Waals surface area contributed by atoms with E-state index in [4.69, 9.17) is 21.1 Å². The lowest BCUT2D eigenvalue weighted by atomic mass is 9.95. The zero-order valence-corrected chi connectivity index (χ0v) is 21.2. The first-order chi connectivity index (χ1) is 18.0. The lowest BCUT2D eigenvalue weighted by Crippen LogP contribution is -2.31. The maximum atomic E-state index is 13.6. The van der Waals surface area contributed by atoms with Gasteiger partial charge >= 0.3 is 0 Å². The summed E-state index contributed by atoms with van der Waals surface area (Å²) in [4.78, 5) is 18.0. The maximum Gasteiger partial charge on any atom is 0.255 e. The number of carbonyl (C=O) groups is 1. The van der Waals surface area contributed by atoms with Gasteiger partial charge in [0.15, 0.2) is 0 Å². The Labute approximate surface area is 219 Å². The summed E-state index contributed by atoms with van der Waals surface area (Å²) in [5, 5.41) is 11.3. The molecule has 2 N–H and O–H groups in total. The van der Waals surface area contributed by atoms with Crippen molar-refractivity contribution in [2.24, 2.45) is 0 Å². The number of para-hydroxylation sites is 2. The molecule has 0 bridgehead atoms. The summed E-state index contributed by atoms with van der Waals surface area (Å²) >= 11 is 6.25. The second-order valence-corrected chi connectivity index (χ2v) is 8.83. The number of hydrogen-bond donors (Lipinski definition) is 2. The van der Waals surface area contributed by atoms with Gasteiger partial charge in [-0.05, 0) is 49.7 Å². The minimum atomic E-state index is -0.490. The molecule has 9 heteroatoms. The fourth-order valence-electron chi connectivity index (χ4n) is 4.26. The van der Waals surface area contributed by atoms with Gasteiger partial charge in [-0.15, -0.1) is 0 Å². The molecule has 8 nitrogen and oxygen atoms in total. The van der Waals surface area contributed by atoms with E-state index in [-0.39, 0.29) is 5.91 Å². The van der Waals surface area contributed by atoms with E-state index in [0.717, 1.165) is 11.1 Å². The molecular weight excluding hydrogens is 490 g/mol. The van der Waals surface area contributed by atoms with Crippen LogP contribution in [0, 0.1) is 0 Å². The molecular formula is C28H26ClN5O3. The largest absolute Gasteiger partial charge is 0.492 e. The van der Waals surface area contributed by atoms with Crippen LogP contribution in [0.3, 0.4) is 0 Å². The van der Waals surface area contributed by atoms with Crippen molar-refractivity contribution in [1.82, 2.24) is 14.8 Å². The minimum Gasteiger partial charge on any atom is -0.492 e. The summed E-state index contributed by atoms with van der Waals surface area (Å²) in [5.74, 6) is 1.60. The Bertz CT molecular complexity index is 1450. The van der Waals surface area contributed by atoms with Crippen molar-refractivity contribution in [1.29, 1.82) is 0 Å². The van der Waals surface area contributed by atoms with Crippen LogP contribution in [0.2, 0.25) is 5.02 Å². The highest BCUT2D eigenvalue weighted by Gasteiger charge is 2.33. The van der Waals surface area contributed by atoms with E-state index in [9.17, 15) is 4.79 Å². The van der Waals surface area contributed by atoms with E-state index < -0.39 is 6.04 Å². The molecule has 5 rings (SSSR count). The number of nitrogens with one attached hydrogen (secondary N) is 2.